The third kappa shape index (κ3) is 5.67. The van der Waals surface area contributed by atoms with E-state index in [2.05, 4.69) is 10.6 Å². The SMILES string of the molecule is CCOc1ccc(C(=O)NCC(=O)Nc2ccc(F)c(F)c2)cc1OCC. The second kappa shape index (κ2) is 9.51. The molecule has 2 aromatic carbocycles. The van der Waals surface area contributed by atoms with E-state index in [0.29, 0.717) is 30.3 Å². The van der Waals surface area contributed by atoms with Crippen LogP contribution < -0.4 is 20.1 Å². The number of nitrogens with one attached hydrogen (secondary N) is 2. The van der Waals surface area contributed by atoms with Crippen molar-refractivity contribution in [3.63, 3.8) is 0 Å². The highest BCUT2D eigenvalue weighted by molar-refractivity contribution is 5.99. The van der Waals surface area contributed by atoms with Crippen LogP contribution >= 0.6 is 0 Å². The van der Waals surface area contributed by atoms with E-state index in [0.717, 1.165) is 12.1 Å². The number of benzene rings is 2. The van der Waals surface area contributed by atoms with E-state index < -0.39 is 23.4 Å². The molecule has 2 aromatic rings. The average molecular weight is 378 g/mol. The van der Waals surface area contributed by atoms with Crippen LogP contribution in [0.3, 0.4) is 0 Å². The van der Waals surface area contributed by atoms with E-state index in [4.69, 9.17) is 9.47 Å². The normalized spacial score (nSPS) is 10.2. The van der Waals surface area contributed by atoms with Gasteiger partial charge in [-0.25, -0.2) is 8.78 Å². The minimum Gasteiger partial charge on any atom is -0.490 e. The quantitative estimate of drug-likeness (QED) is 0.740. The van der Waals surface area contributed by atoms with Crippen molar-refractivity contribution in [2.24, 2.45) is 0 Å². The fourth-order valence-electron chi connectivity index (χ4n) is 2.23. The second-order valence-electron chi connectivity index (χ2n) is 5.39. The lowest BCUT2D eigenvalue weighted by molar-refractivity contribution is -0.115. The minimum absolute atomic E-state index is 0.0906. The summed E-state index contributed by atoms with van der Waals surface area (Å²) in [6.45, 7) is 4.17. The third-order valence-corrected chi connectivity index (χ3v) is 3.42. The Morgan fingerprint density at radius 2 is 1.63 bits per heavy atom. The molecular weight excluding hydrogens is 358 g/mol. The first kappa shape index (κ1) is 20.2. The molecule has 0 aromatic heterocycles. The van der Waals surface area contributed by atoms with Crippen molar-refractivity contribution in [3.05, 3.63) is 53.6 Å². The van der Waals surface area contributed by atoms with Gasteiger partial charge in [-0.15, -0.1) is 0 Å². The smallest absolute Gasteiger partial charge is 0.251 e. The highest BCUT2D eigenvalue weighted by Gasteiger charge is 2.13. The van der Waals surface area contributed by atoms with Crippen LogP contribution in [0.5, 0.6) is 11.5 Å². The van der Waals surface area contributed by atoms with Crippen LogP contribution in [0.15, 0.2) is 36.4 Å². The number of rotatable bonds is 8. The van der Waals surface area contributed by atoms with E-state index >= 15 is 0 Å². The van der Waals surface area contributed by atoms with Crippen LogP contribution in [-0.4, -0.2) is 31.6 Å². The minimum atomic E-state index is -1.07. The molecule has 0 fully saturated rings. The zero-order chi connectivity index (χ0) is 19.8. The molecule has 0 aliphatic heterocycles. The van der Waals surface area contributed by atoms with Gasteiger partial charge in [0, 0.05) is 17.3 Å². The van der Waals surface area contributed by atoms with Crippen molar-refractivity contribution in [1.29, 1.82) is 0 Å². The molecule has 6 nitrogen and oxygen atoms in total. The Kier molecular flexibility index (Phi) is 7.10. The van der Waals surface area contributed by atoms with Gasteiger partial charge in [-0.1, -0.05) is 0 Å². The van der Waals surface area contributed by atoms with Gasteiger partial charge in [0.1, 0.15) is 0 Å². The standard InChI is InChI=1S/C19H20F2N2O4/c1-3-26-16-8-5-12(9-17(16)27-4-2)19(25)22-11-18(24)23-13-6-7-14(20)15(21)10-13/h5-10H,3-4,11H2,1-2H3,(H,22,25)(H,23,24). The Bertz CT molecular complexity index is 827. The predicted octanol–water partition coefficient (Wildman–Crippen LogP) is 3.13. The summed E-state index contributed by atoms with van der Waals surface area (Å²) in [5, 5.41) is 4.82. The molecule has 0 bridgehead atoms. The summed E-state index contributed by atoms with van der Waals surface area (Å²) in [5.74, 6) is -2.20. The molecule has 0 saturated carbocycles. The van der Waals surface area contributed by atoms with Gasteiger partial charge in [0.05, 0.1) is 19.8 Å². The van der Waals surface area contributed by atoms with Gasteiger partial charge >= 0.3 is 0 Å². The van der Waals surface area contributed by atoms with E-state index in [1.165, 1.54) is 12.1 Å². The molecule has 8 heteroatoms. The van der Waals surface area contributed by atoms with Crippen LogP contribution in [0, 0.1) is 11.6 Å². The number of hydrogen-bond acceptors (Lipinski definition) is 4. The Morgan fingerprint density at radius 1 is 0.926 bits per heavy atom. The Labute approximate surface area is 155 Å². The first-order chi connectivity index (χ1) is 12.9. The molecule has 0 aliphatic carbocycles. The van der Waals surface area contributed by atoms with E-state index in [1.54, 1.807) is 12.1 Å². The van der Waals surface area contributed by atoms with Crippen molar-refractivity contribution in [3.8, 4) is 11.5 Å². The molecule has 2 rings (SSSR count). The number of carbonyl (C=O) groups excluding carboxylic acids is 2. The van der Waals surface area contributed by atoms with E-state index in [-0.39, 0.29) is 12.2 Å². The van der Waals surface area contributed by atoms with Crippen LogP contribution in [0.1, 0.15) is 24.2 Å². The molecule has 0 unspecified atom stereocenters. The maximum absolute atomic E-state index is 13.1. The molecule has 0 heterocycles. The van der Waals surface area contributed by atoms with Gasteiger partial charge in [0.15, 0.2) is 23.1 Å². The summed E-state index contributed by atoms with van der Waals surface area (Å²) in [7, 11) is 0. The van der Waals surface area contributed by atoms with Gasteiger partial charge in [-0.3, -0.25) is 9.59 Å². The number of hydrogen-bond donors (Lipinski definition) is 2. The summed E-state index contributed by atoms with van der Waals surface area (Å²) < 4.78 is 36.9. The lowest BCUT2D eigenvalue weighted by Crippen LogP contribution is -2.32. The van der Waals surface area contributed by atoms with Crippen molar-refractivity contribution < 1.29 is 27.8 Å². The largest absolute Gasteiger partial charge is 0.490 e. The first-order valence-corrected chi connectivity index (χ1v) is 8.37. The van der Waals surface area contributed by atoms with E-state index in [9.17, 15) is 18.4 Å². The highest BCUT2D eigenvalue weighted by Crippen LogP contribution is 2.28. The maximum Gasteiger partial charge on any atom is 0.251 e. The molecule has 144 valence electrons. The molecule has 0 radical (unpaired) electrons. The van der Waals surface area contributed by atoms with Crippen molar-refractivity contribution in [2.45, 2.75) is 13.8 Å². The van der Waals surface area contributed by atoms with Gasteiger partial charge < -0.3 is 20.1 Å². The number of halogens is 2. The fraction of sp³-hybridized carbons (Fsp3) is 0.263. The average Bonchev–Trinajstić information content (AvgIpc) is 2.64. The van der Waals surface area contributed by atoms with Crippen LogP contribution in [0.4, 0.5) is 14.5 Å². The number of ether oxygens (including phenoxy) is 2. The fourth-order valence-corrected chi connectivity index (χ4v) is 2.23. The predicted molar refractivity (Wildman–Crippen MR) is 96.1 cm³/mol. The molecule has 0 aliphatic rings. The van der Waals surface area contributed by atoms with Gasteiger partial charge in [0.2, 0.25) is 5.91 Å². The van der Waals surface area contributed by atoms with Gasteiger partial charge in [-0.2, -0.15) is 0 Å². The van der Waals surface area contributed by atoms with Crippen LogP contribution in [0.25, 0.3) is 0 Å². The third-order valence-electron chi connectivity index (χ3n) is 3.42. The molecule has 27 heavy (non-hydrogen) atoms. The van der Waals surface area contributed by atoms with Crippen LogP contribution in [0.2, 0.25) is 0 Å². The van der Waals surface area contributed by atoms with Crippen molar-refractivity contribution in [2.75, 3.05) is 25.1 Å². The molecule has 0 atom stereocenters. The summed E-state index contributed by atoms with van der Waals surface area (Å²) in [5.41, 5.74) is 0.385. The zero-order valence-corrected chi connectivity index (χ0v) is 15.0. The maximum atomic E-state index is 13.1. The zero-order valence-electron chi connectivity index (χ0n) is 15.0. The summed E-state index contributed by atoms with van der Waals surface area (Å²) in [6, 6.07) is 7.67. The molecular formula is C19H20F2N2O4. The Morgan fingerprint density at radius 3 is 2.30 bits per heavy atom. The lowest BCUT2D eigenvalue weighted by atomic mass is 10.2. The summed E-state index contributed by atoms with van der Waals surface area (Å²) >= 11 is 0. The Balaban J connectivity index is 1.97. The molecule has 0 saturated heterocycles. The topological polar surface area (TPSA) is 76.7 Å². The van der Waals surface area contributed by atoms with E-state index in [1.807, 2.05) is 13.8 Å². The number of carbonyl (C=O) groups is 2. The second-order valence-corrected chi connectivity index (χ2v) is 5.39. The summed E-state index contributed by atoms with van der Waals surface area (Å²) in [6.07, 6.45) is 0. The van der Waals surface area contributed by atoms with Gasteiger partial charge in [0.25, 0.3) is 5.91 Å². The molecule has 2 amide bonds. The molecule has 0 spiro atoms. The van der Waals surface area contributed by atoms with Crippen molar-refractivity contribution in [1.82, 2.24) is 5.32 Å². The summed E-state index contributed by atoms with van der Waals surface area (Å²) in [4.78, 5) is 24.1. The van der Waals surface area contributed by atoms with Gasteiger partial charge in [-0.05, 0) is 44.2 Å². The number of amides is 2. The van der Waals surface area contributed by atoms with Crippen molar-refractivity contribution >= 4 is 17.5 Å². The Hall–Kier alpha value is -3.16. The van der Waals surface area contributed by atoms with Crippen LogP contribution in [-0.2, 0) is 4.79 Å². The monoisotopic (exact) mass is 378 g/mol. The molecule has 2 N–H and O–H groups in total. The first-order valence-electron chi connectivity index (χ1n) is 8.37. The highest BCUT2D eigenvalue weighted by atomic mass is 19.2. The lowest BCUT2D eigenvalue weighted by Gasteiger charge is -2.12. The number of anilines is 1.